The van der Waals surface area contributed by atoms with Gasteiger partial charge in [-0.05, 0) is 19.0 Å². The summed E-state index contributed by atoms with van der Waals surface area (Å²) in [5, 5.41) is 25.3. The summed E-state index contributed by atoms with van der Waals surface area (Å²) in [5.41, 5.74) is 1.22. The van der Waals surface area contributed by atoms with Gasteiger partial charge in [-0.2, -0.15) is 0 Å². The van der Waals surface area contributed by atoms with Gasteiger partial charge in [-0.3, -0.25) is 9.69 Å². The standard InChI is InChI=1S/C21H33N3O6/c1-22-16-11-17(20-19(12-16)29-7-2-8-30-20)21(27)23-13-15-3-4-24(14-18(15)26)5-9-28-10-6-25/h11-12,15,18,22,25-26H,2-10,13-14H2,1H3,(H,23,27)/t15-,18+/m0/s1. The SMILES string of the molecule is CNc1cc2c(c(C(=O)NC[C@@H]3CCN(CCOCCO)C[C@H]3O)c1)OCCCO2. The molecule has 2 heterocycles. The Morgan fingerprint density at radius 2 is 2.13 bits per heavy atom. The lowest BCUT2D eigenvalue weighted by atomic mass is 9.93. The molecule has 1 amide bonds. The first kappa shape index (κ1) is 22.6. The molecule has 3 rings (SSSR count). The van der Waals surface area contributed by atoms with Crippen LogP contribution in [0.15, 0.2) is 12.1 Å². The molecule has 30 heavy (non-hydrogen) atoms. The summed E-state index contributed by atoms with van der Waals surface area (Å²) in [7, 11) is 1.79. The van der Waals surface area contributed by atoms with Crippen molar-refractivity contribution in [1.29, 1.82) is 0 Å². The smallest absolute Gasteiger partial charge is 0.255 e. The molecule has 9 nitrogen and oxygen atoms in total. The van der Waals surface area contributed by atoms with Crippen molar-refractivity contribution >= 4 is 11.6 Å². The van der Waals surface area contributed by atoms with Gasteiger partial charge in [0, 0.05) is 50.8 Å². The molecule has 0 unspecified atom stereocenters. The maximum Gasteiger partial charge on any atom is 0.255 e. The lowest BCUT2D eigenvalue weighted by Gasteiger charge is -2.35. The number of nitrogens with zero attached hydrogens (tertiary/aromatic N) is 1. The predicted molar refractivity (Wildman–Crippen MR) is 112 cm³/mol. The van der Waals surface area contributed by atoms with Crippen molar-refractivity contribution < 1.29 is 29.2 Å². The van der Waals surface area contributed by atoms with Gasteiger partial charge in [0.25, 0.3) is 5.91 Å². The fourth-order valence-electron chi connectivity index (χ4n) is 3.75. The van der Waals surface area contributed by atoms with Crippen LogP contribution >= 0.6 is 0 Å². The van der Waals surface area contributed by atoms with Crippen LogP contribution in [-0.4, -0.2) is 93.4 Å². The number of aliphatic hydroxyl groups excluding tert-OH is 2. The molecule has 1 aromatic rings. The molecule has 0 radical (unpaired) electrons. The van der Waals surface area contributed by atoms with Crippen LogP contribution in [0.4, 0.5) is 5.69 Å². The molecule has 1 saturated heterocycles. The van der Waals surface area contributed by atoms with Crippen molar-refractivity contribution in [2.24, 2.45) is 5.92 Å². The number of carbonyl (C=O) groups excluding carboxylic acids is 1. The molecule has 9 heteroatoms. The van der Waals surface area contributed by atoms with Crippen LogP contribution in [0, 0.1) is 5.92 Å². The molecule has 2 atom stereocenters. The number of carbonyl (C=O) groups is 1. The number of piperidine rings is 1. The fraction of sp³-hybridized carbons (Fsp3) is 0.667. The van der Waals surface area contributed by atoms with Gasteiger partial charge in [-0.1, -0.05) is 0 Å². The molecule has 4 N–H and O–H groups in total. The maximum absolute atomic E-state index is 12.9. The molecule has 0 aromatic heterocycles. The molecule has 2 aliphatic heterocycles. The normalized spacial score (nSPS) is 21.7. The van der Waals surface area contributed by atoms with Gasteiger partial charge in [-0.15, -0.1) is 0 Å². The zero-order valence-electron chi connectivity index (χ0n) is 17.6. The van der Waals surface area contributed by atoms with Crippen molar-refractivity contribution in [3.63, 3.8) is 0 Å². The van der Waals surface area contributed by atoms with Crippen molar-refractivity contribution in [3.8, 4) is 11.5 Å². The molecular weight excluding hydrogens is 390 g/mol. The summed E-state index contributed by atoms with van der Waals surface area (Å²) in [6.45, 7) is 4.43. The van der Waals surface area contributed by atoms with E-state index >= 15 is 0 Å². The summed E-state index contributed by atoms with van der Waals surface area (Å²) in [6, 6.07) is 3.59. The third-order valence-corrected chi connectivity index (χ3v) is 5.50. The topological polar surface area (TPSA) is 113 Å². The Morgan fingerprint density at radius 1 is 1.30 bits per heavy atom. The van der Waals surface area contributed by atoms with Crippen LogP contribution in [-0.2, 0) is 4.74 Å². The van der Waals surface area contributed by atoms with Crippen LogP contribution in [0.25, 0.3) is 0 Å². The summed E-state index contributed by atoms with van der Waals surface area (Å²) < 4.78 is 16.8. The van der Waals surface area contributed by atoms with Crippen LogP contribution in [0.1, 0.15) is 23.2 Å². The highest BCUT2D eigenvalue weighted by Gasteiger charge is 2.29. The van der Waals surface area contributed by atoms with E-state index in [2.05, 4.69) is 15.5 Å². The van der Waals surface area contributed by atoms with Crippen molar-refractivity contribution in [1.82, 2.24) is 10.2 Å². The van der Waals surface area contributed by atoms with Crippen LogP contribution < -0.4 is 20.1 Å². The number of hydrogen-bond donors (Lipinski definition) is 4. The van der Waals surface area contributed by atoms with Gasteiger partial charge < -0.3 is 35.1 Å². The molecule has 1 fully saturated rings. The highest BCUT2D eigenvalue weighted by Crippen LogP contribution is 2.36. The minimum atomic E-state index is -0.516. The summed E-state index contributed by atoms with van der Waals surface area (Å²) in [5.74, 6) is 0.802. The zero-order chi connectivity index (χ0) is 21.3. The number of rotatable bonds is 9. The van der Waals surface area contributed by atoms with Crippen molar-refractivity contribution in [3.05, 3.63) is 17.7 Å². The van der Waals surface area contributed by atoms with Gasteiger partial charge in [0.15, 0.2) is 11.5 Å². The van der Waals surface area contributed by atoms with Gasteiger partial charge >= 0.3 is 0 Å². The largest absolute Gasteiger partial charge is 0.489 e. The highest BCUT2D eigenvalue weighted by molar-refractivity contribution is 5.99. The summed E-state index contributed by atoms with van der Waals surface area (Å²) in [6.07, 6.45) is 1.04. The summed E-state index contributed by atoms with van der Waals surface area (Å²) >= 11 is 0. The number of β-amino-alcohol motifs (C(OH)–C–C–N with tert-alkyl or cyclic N) is 1. The van der Waals surface area contributed by atoms with Crippen LogP contribution in [0.5, 0.6) is 11.5 Å². The van der Waals surface area contributed by atoms with E-state index in [4.69, 9.17) is 19.3 Å². The first-order chi connectivity index (χ1) is 14.6. The molecule has 0 aliphatic carbocycles. The van der Waals surface area contributed by atoms with E-state index in [0.717, 1.165) is 31.6 Å². The first-order valence-electron chi connectivity index (χ1n) is 10.6. The minimum absolute atomic E-state index is 0.00758. The third kappa shape index (κ3) is 5.98. The van der Waals surface area contributed by atoms with Gasteiger partial charge in [-0.25, -0.2) is 0 Å². The van der Waals surface area contributed by atoms with E-state index in [0.29, 0.717) is 56.6 Å². The predicted octanol–water partition coefficient (Wildman–Crippen LogP) is 0.311. The Morgan fingerprint density at radius 3 is 2.90 bits per heavy atom. The lowest BCUT2D eigenvalue weighted by Crippen LogP contribution is -2.48. The number of nitrogens with one attached hydrogen (secondary N) is 2. The molecule has 168 valence electrons. The lowest BCUT2D eigenvalue weighted by molar-refractivity contribution is 0.00568. The number of anilines is 1. The number of aliphatic hydroxyl groups is 2. The quantitative estimate of drug-likeness (QED) is 0.420. The number of ether oxygens (including phenoxy) is 3. The molecule has 1 aromatic carbocycles. The first-order valence-corrected chi connectivity index (χ1v) is 10.6. The Balaban J connectivity index is 1.55. The zero-order valence-corrected chi connectivity index (χ0v) is 17.6. The van der Waals surface area contributed by atoms with E-state index in [1.54, 1.807) is 13.1 Å². The molecule has 0 bridgehead atoms. The third-order valence-electron chi connectivity index (χ3n) is 5.50. The number of hydrogen-bond acceptors (Lipinski definition) is 8. The number of fused-ring (bicyclic) bond motifs is 1. The Kier molecular flexibility index (Phi) is 8.56. The van der Waals surface area contributed by atoms with E-state index in [1.807, 2.05) is 6.07 Å². The number of likely N-dealkylation sites (tertiary alicyclic amines) is 1. The Hall–Kier alpha value is -2.07. The fourth-order valence-corrected chi connectivity index (χ4v) is 3.75. The van der Waals surface area contributed by atoms with E-state index in [9.17, 15) is 9.90 Å². The van der Waals surface area contributed by atoms with E-state index < -0.39 is 6.10 Å². The Labute approximate surface area is 177 Å². The van der Waals surface area contributed by atoms with Gasteiger partial charge in [0.05, 0.1) is 44.7 Å². The van der Waals surface area contributed by atoms with E-state index in [-0.39, 0.29) is 18.4 Å². The highest BCUT2D eigenvalue weighted by atomic mass is 16.5. The monoisotopic (exact) mass is 423 g/mol. The maximum atomic E-state index is 12.9. The molecular formula is C21H33N3O6. The van der Waals surface area contributed by atoms with Crippen LogP contribution in [0.2, 0.25) is 0 Å². The molecule has 2 aliphatic rings. The summed E-state index contributed by atoms with van der Waals surface area (Å²) in [4.78, 5) is 15.1. The van der Waals surface area contributed by atoms with E-state index in [1.165, 1.54) is 0 Å². The number of benzene rings is 1. The van der Waals surface area contributed by atoms with Crippen molar-refractivity contribution in [2.45, 2.75) is 18.9 Å². The second kappa shape index (κ2) is 11.4. The second-order valence-electron chi connectivity index (χ2n) is 7.61. The number of amides is 1. The molecule has 0 spiro atoms. The second-order valence-corrected chi connectivity index (χ2v) is 7.61. The average Bonchev–Trinajstić information content (AvgIpc) is 3.00. The average molecular weight is 424 g/mol. The van der Waals surface area contributed by atoms with Gasteiger partial charge in [0.1, 0.15) is 0 Å². The Bertz CT molecular complexity index is 702. The molecule has 0 saturated carbocycles. The van der Waals surface area contributed by atoms with Gasteiger partial charge in [0.2, 0.25) is 0 Å². The van der Waals surface area contributed by atoms with Crippen molar-refractivity contribution in [2.75, 3.05) is 71.6 Å². The van der Waals surface area contributed by atoms with Crippen LogP contribution in [0.3, 0.4) is 0 Å². The minimum Gasteiger partial charge on any atom is -0.489 e.